The number of benzene rings is 1. The van der Waals surface area contributed by atoms with Gasteiger partial charge in [0.05, 0.1) is 18.4 Å². The fraction of sp³-hybridized carbons (Fsp3) is 0.533. The average molecular weight is 312 g/mol. The summed E-state index contributed by atoms with van der Waals surface area (Å²) in [6, 6.07) is 6.98. The van der Waals surface area contributed by atoms with Crippen molar-refractivity contribution in [3.05, 3.63) is 29.8 Å². The van der Waals surface area contributed by atoms with E-state index < -0.39 is 10.0 Å². The van der Waals surface area contributed by atoms with Crippen molar-refractivity contribution in [1.82, 2.24) is 5.32 Å². The van der Waals surface area contributed by atoms with Crippen LogP contribution in [0.3, 0.4) is 0 Å². The highest BCUT2D eigenvalue weighted by Gasteiger charge is 2.11. The molecule has 0 aliphatic heterocycles. The van der Waals surface area contributed by atoms with Gasteiger partial charge in [0.2, 0.25) is 15.9 Å². The number of anilines is 1. The molecule has 0 bridgehead atoms. The van der Waals surface area contributed by atoms with Gasteiger partial charge >= 0.3 is 0 Å². The van der Waals surface area contributed by atoms with Crippen molar-refractivity contribution in [2.24, 2.45) is 0 Å². The monoisotopic (exact) mass is 312 g/mol. The molecule has 0 aliphatic rings. The van der Waals surface area contributed by atoms with Crippen molar-refractivity contribution in [2.45, 2.75) is 32.6 Å². The number of sulfonamides is 1. The minimum atomic E-state index is -3.26. The van der Waals surface area contributed by atoms with E-state index in [-0.39, 0.29) is 5.91 Å². The second kappa shape index (κ2) is 8.02. The lowest BCUT2D eigenvalue weighted by molar-refractivity contribution is -0.120. The van der Waals surface area contributed by atoms with Crippen molar-refractivity contribution in [3.63, 3.8) is 0 Å². The van der Waals surface area contributed by atoms with E-state index in [0.29, 0.717) is 18.7 Å². The Morgan fingerprint density at radius 1 is 1.19 bits per heavy atom. The number of unbranched alkanes of at least 4 members (excludes halogenated alkanes) is 2. The largest absolute Gasteiger partial charge is 0.356 e. The molecule has 0 fully saturated rings. The van der Waals surface area contributed by atoms with Gasteiger partial charge < -0.3 is 5.32 Å². The SMILES string of the molecule is CCCCCNC(=O)Cc1ccc(N(C)S(C)(=O)=O)cc1. The molecular weight excluding hydrogens is 288 g/mol. The second-order valence-electron chi connectivity index (χ2n) is 5.13. The lowest BCUT2D eigenvalue weighted by atomic mass is 10.1. The molecule has 0 aromatic heterocycles. The summed E-state index contributed by atoms with van der Waals surface area (Å²) < 4.78 is 24.1. The number of nitrogens with zero attached hydrogens (tertiary/aromatic N) is 1. The van der Waals surface area contributed by atoms with E-state index in [2.05, 4.69) is 12.2 Å². The topological polar surface area (TPSA) is 66.5 Å². The first-order valence-corrected chi connectivity index (χ1v) is 8.99. The molecule has 1 aromatic rings. The fourth-order valence-electron chi connectivity index (χ4n) is 1.87. The van der Waals surface area contributed by atoms with Crippen LogP contribution in [-0.4, -0.2) is 34.2 Å². The third-order valence-electron chi connectivity index (χ3n) is 3.26. The Balaban J connectivity index is 2.53. The van der Waals surface area contributed by atoms with Crippen LogP contribution in [0.15, 0.2) is 24.3 Å². The molecule has 0 heterocycles. The predicted molar refractivity (Wildman–Crippen MR) is 85.9 cm³/mol. The summed E-state index contributed by atoms with van der Waals surface area (Å²) >= 11 is 0. The van der Waals surface area contributed by atoms with Gasteiger partial charge in [-0.25, -0.2) is 8.42 Å². The molecule has 21 heavy (non-hydrogen) atoms. The lowest BCUT2D eigenvalue weighted by Crippen LogP contribution is -2.26. The minimum absolute atomic E-state index is 0.00433. The molecule has 5 nitrogen and oxygen atoms in total. The molecule has 1 aromatic carbocycles. The average Bonchev–Trinajstić information content (AvgIpc) is 2.43. The standard InChI is InChI=1S/C15H24N2O3S/c1-4-5-6-11-16-15(18)12-13-7-9-14(10-8-13)17(2)21(3,19)20/h7-10H,4-6,11-12H2,1-3H3,(H,16,18). The molecule has 0 atom stereocenters. The molecule has 1 amide bonds. The van der Waals surface area contributed by atoms with E-state index in [1.807, 2.05) is 0 Å². The first kappa shape index (κ1) is 17.5. The number of amides is 1. The van der Waals surface area contributed by atoms with Crippen LogP contribution >= 0.6 is 0 Å². The Hall–Kier alpha value is -1.56. The van der Waals surface area contributed by atoms with Crippen molar-refractivity contribution in [1.29, 1.82) is 0 Å². The van der Waals surface area contributed by atoms with Crippen LogP contribution in [0.2, 0.25) is 0 Å². The van der Waals surface area contributed by atoms with Gasteiger partial charge in [-0.1, -0.05) is 31.9 Å². The summed E-state index contributed by atoms with van der Waals surface area (Å²) in [5.74, 6) is -0.00433. The zero-order valence-corrected chi connectivity index (χ0v) is 13.7. The van der Waals surface area contributed by atoms with Gasteiger partial charge in [0.1, 0.15) is 0 Å². The van der Waals surface area contributed by atoms with Crippen molar-refractivity contribution in [3.8, 4) is 0 Å². The van der Waals surface area contributed by atoms with Crippen LogP contribution in [0.5, 0.6) is 0 Å². The zero-order valence-electron chi connectivity index (χ0n) is 12.9. The van der Waals surface area contributed by atoms with Crippen LogP contribution in [0.25, 0.3) is 0 Å². The van der Waals surface area contributed by atoms with Gasteiger partial charge in [0.25, 0.3) is 0 Å². The smallest absolute Gasteiger partial charge is 0.231 e. The van der Waals surface area contributed by atoms with Crippen molar-refractivity contribution < 1.29 is 13.2 Å². The molecule has 1 rings (SSSR count). The molecule has 6 heteroatoms. The van der Waals surface area contributed by atoms with Gasteiger partial charge in [-0.2, -0.15) is 0 Å². The number of nitrogens with one attached hydrogen (secondary N) is 1. The Morgan fingerprint density at radius 3 is 2.33 bits per heavy atom. The molecule has 0 saturated heterocycles. The van der Waals surface area contributed by atoms with Crippen molar-refractivity contribution in [2.75, 3.05) is 24.2 Å². The molecule has 1 N–H and O–H groups in total. The normalized spacial score (nSPS) is 11.2. The molecule has 0 spiro atoms. The minimum Gasteiger partial charge on any atom is -0.356 e. The van der Waals surface area contributed by atoms with Gasteiger partial charge in [0, 0.05) is 13.6 Å². The van der Waals surface area contributed by atoms with Gasteiger partial charge in [-0.05, 0) is 24.1 Å². The van der Waals surface area contributed by atoms with E-state index >= 15 is 0 Å². The van der Waals surface area contributed by atoms with E-state index in [0.717, 1.165) is 31.1 Å². The Labute approximate surface area is 127 Å². The van der Waals surface area contributed by atoms with Crippen molar-refractivity contribution >= 4 is 21.6 Å². The maximum atomic E-state index is 11.7. The summed E-state index contributed by atoms with van der Waals surface area (Å²) in [6.07, 6.45) is 4.72. The summed E-state index contributed by atoms with van der Waals surface area (Å²) in [5, 5.41) is 2.88. The van der Waals surface area contributed by atoms with Crippen LogP contribution in [-0.2, 0) is 21.2 Å². The first-order valence-electron chi connectivity index (χ1n) is 7.14. The van der Waals surface area contributed by atoms with Gasteiger partial charge in [0.15, 0.2) is 0 Å². The highest BCUT2D eigenvalue weighted by atomic mass is 32.2. The first-order chi connectivity index (χ1) is 9.84. The van der Waals surface area contributed by atoms with E-state index in [1.54, 1.807) is 24.3 Å². The number of rotatable bonds is 8. The molecule has 0 radical (unpaired) electrons. The predicted octanol–water partition coefficient (Wildman–Crippen LogP) is 1.93. The van der Waals surface area contributed by atoms with Crippen LogP contribution in [0.1, 0.15) is 31.7 Å². The molecular formula is C15H24N2O3S. The molecule has 0 aliphatic carbocycles. The molecule has 118 valence electrons. The van der Waals surface area contributed by atoms with Crippen LogP contribution < -0.4 is 9.62 Å². The summed E-state index contributed by atoms with van der Waals surface area (Å²) in [7, 11) is -1.75. The summed E-state index contributed by atoms with van der Waals surface area (Å²) in [4.78, 5) is 11.7. The van der Waals surface area contributed by atoms with E-state index in [1.165, 1.54) is 11.4 Å². The van der Waals surface area contributed by atoms with E-state index in [9.17, 15) is 13.2 Å². The highest BCUT2D eigenvalue weighted by molar-refractivity contribution is 7.92. The third kappa shape index (κ3) is 6.16. The number of carbonyl (C=O) groups excluding carboxylic acids is 1. The third-order valence-corrected chi connectivity index (χ3v) is 4.47. The maximum Gasteiger partial charge on any atom is 0.231 e. The summed E-state index contributed by atoms with van der Waals surface area (Å²) in [5.41, 5.74) is 1.46. The number of hydrogen-bond acceptors (Lipinski definition) is 3. The Bertz CT molecular complexity index is 553. The number of hydrogen-bond donors (Lipinski definition) is 1. The Kier molecular flexibility index (Phi) is 6.68. The van der Waals surface area contributed by atoms with Gasteiger partial charge in [-0.3, -0.25) is 9.10 Å². The van der Waals surface area contributed by atoms with Crippen LogP contribution in [0.4, 0.5) is 5.69 Å². The maximum absolute atomic E-state index is 11.7. The fourth-order valence-corrected chi connectivity index (χ4v) is 2.37. The van der Waals surface area contributed by atoms with E-state index in [4.69, 9.17) is 0 Å². The molecule has 0 unspecified atom stereocenters. The lowest BCUT2D eigenvalue weighted by Gasteiger charge is -2.16. The Morgan fingerprint density at radius 2 is 1.81 bits per heavy atom. The number of carbonyl (C=O) groups is 1. The zero-order chi connectivity index (χ0) is 15.9. The quantitative estimate of drug-likeness (QED) is 0.746. The van der Waals surface area contributed by atoms with Crippen LogP contribution in [0, 0.1) is 0 Å². The summed E-state index contributed by atoms with van der Waals surface area (Å²) in [6.45, 7) is 2.83. The highest BCUT2D eigenvalue weighted by Crippen LogP contribution is 2.16. The van der Waals surface area contributed by atoms with Gasteiger partial charge in [-0.15, -0.1) is 0 Å². The second-order valence-corrected chi connectivity index (χ2v) is 7.14. The molecule has 0 saturated carbocycles.